The Hall–Kier alpha value is -2.23. The molecule has 0 radical (unpaired) electrons. The lowest BCUT2D eigenvalue weighted by atomic mass is 9.91. The third-order valence-corrected chi connectivity index (χ3v) is 4.78. The molecule has 1 saturated heterocycles. The first kappa shape index (κ1) is 16.6. The first-order chi connectivity index (χ1) is 11.7. The second-order valence-corrected chi connectivity index (χ2v) is 6.34. The minimum absolute atomic E-state index is 0.133. The zero-order valence-electron chi connectivity index (χ0n) is 14.5. The van der Waals surface area contributed by atoms with Crippen molar-refractivity contribution in [1.29, 1.82) is 0 Å². The van der Waals surface area contributed by atoms with Gasteiger partial charge in [0.05, 0.1) is 14.2 Å². The Morgan fingerprint density at radius 2 is 1.75 bits per heavy atom. The minimum Gasteiger partial charge on any atom is -0.493 e. The number of piperidine rings is 1. The number of ether oxygens (including phenoxy) is 2. The summed E-state index contributed by atoms with van der Waals surface area (Å²) in [5.74, 6) is 1.64. The van der Waals surface area contributed by atoms with Gasteiger partial charge >= 0.3 is 0 Å². The first-order valence-electron chi connectivity index (χ1n) is 8.63. The van der Waals surface area contributed by atoms with E-state index in [-0.39, 0.29) is 5.91 Å². The molecule has 0 saturated carbocycles. The molecule has 0 unspecified atom stereocenters. The molecule has 1 aliphatic carbocycles. The van der Waals surface area contributed by atoms with Gasteiger partial charge in [-0.25, -0.2) is 0 Å². The lowest BCUT2D eigenvalue weighted by Crippen LogP contribution is -2.34. The van der Waals surface area contributed by atoms with Crippen LogP contribution >= 0.6 is 0 Å². The van der Waals surface area contributed by atoms with Crippen LogP contribution in [0.15, 0.2) is 29.9 Å². The van der Waals surface area contributed by atoms with Gasteiger partial charge in [-0.3, -0.25) is 4.79 Å². The van der Waals surface area contributed by atoms with E-state index in [1.54, 1.807) is 20.3 Å². The lowest BCUT2D eigenvalue weighted by Gasteiger charge is -2.25. The van der Waals surface area contributed by atoms with Crippen LogP contribution in [0.2, 0.25) is 0 Å². The van der Waals surface area contributed by atoms with Gasteiger partial charge in [0, 0.05) is 19.2 Å². The molecule has 4 heteroatoms. The number of benzene rings is 1. The van der Waals surface area contributed by atoms with Gasteiger partial charge in [-0.2, -0.15) is 0 Å². The van der Waals surface area contributed by atoms with E-state index in [0.717, 1.165) is 55.8 Å². The minimum atomic E-state index is 0.133. The summed E-state index contributed by atoms with van der Waals surface area (Å²) in [7, 11) is 3.30. The number of fused-ring (bicyclic) bond motifs is 1. The maximum atomic E-state index is 12.2. The molecule has 1 heterocycles. The SMILES string of the molecule is COc1cc2c(cc1OC)CCC(/C=C/C(=O)N1CCCCC1)=C2. The highest BCUT2D eigenvalue weighted by Gasteiger charge is 2.16. The number of carbonyl (C=O) groups excluding carboxylic acids is 1. The predicted octanol–water partition coefficient (Wildman–Crippen LogP) is 3.60. The number of hydrogen-bond acceptors (Lipinski definition) is 3. The second-order valence-electron chi connectivity index (χ2n) is 6.34. The third-order valence-electron chi connectivity index (χ3n) is 4.78. The Labute approximate surface area is 143 Å². The summed E-state index contributed by atoms with van der Waals surface area (Å²) < 4.78 is 10.7. The lowest BCUT2D eigenvalue weighted by molar-refractivity contribution is -0.126. The zero-order chi connectivity index (χ0) is 16.9. The number of rotatable bonds is 4. The van der Waals surface area contributed by atoms with E-state index in [1.807, 2.05) is 23.1 Å². The molecular weight excluding hydrogens is 302 g/mol. The Kier molecular flexibility index (Phi) is 5.24. The van der Waals surface area contributed by atoms with Crippen molar-refractivity contribution in [3.05, 3.63) is 41.0 Å². The summed E-state index contributed by atoms with van der Waals surface area (Å²) in [5.41, 5.74) is 3.58. The molecule has 0 aromatic heterocycles. The number of carbonyl (C=O) groups is 1. The summed E-state index contributed by atoms with van der Waals surface area (Å²) in [5, 5.41) is 0. The van der Waals surface area contributed by atoms with Crippen molar-refractivity contribution in [3.8, 4) is 11.5 Å². The van der Waals surface area contributed by atoms with E-state index in [2.05, 4.69) is 6.08 Å². The topological polar surface area (TPSA) is 38.8 Å². The van der Waals surface area contributed by atoms with E-state index in [0.29, 0.717) is 0 Å². The zero-order valence-corrected chi connectivity index (χ0v) is 14.5. The van der Waals surface area contributed by atoms with Crippen molar-refractivity contribution in [2.24, 2.45) is 0 Å². The van der Waals surface area contributed by atoms with Crippen LogP contribution in [0, 0.1) is 0 Å². The molecule has 0 atom stereocenters. The molecule has 1 aliphatic heterocycles. The van der Waals surface area contributed by atoms with E-state index in [9.17, 15) is 4.79 Å². The quantitative estimate of drug-likeness (QED) is 0.793. The Morgan fingerprint density at radius 3 is 2.46 bits per heavy atom. The smallest absolute Gasteiger partial charge is 0.246 e. The molecule has 0 spiro atoms. The summed E-state index contributed by atoms with van der Waals surface area (Å²) in [4.78, 5) is 14.2. The number of allylic oxidation sites excluding steroid dienone is 2. The number of methoxy groups -OCH3 is 2. The van der Waals surface area contributed by atoms with E-state index < -0.39 is 0 Å². The van der Waals surface area contributed by atoms with Crippen LogP contribution in [0.4, 0.5) is 0 Å². The summed E-state index contributed by atoms with van der Waals surface area (Å²) in [6.45, 7) is 1.78. The largest absolute Gasteiger partial charge is 0.493 e. The summed E-state index contributed by atoms with van der Waals surface area (Å²) >= 11 is 0. The molecule has 1 aromatic rings. The summed E-state index contributed by atoms with van der Waals surface area (Å²) in [6.07, 6.45) is 11.2. The maximum absolute atomic E-state index is 12.2. The average molecular weight is 327 g/mol. The van der Waals surface area contributed by atoms with Crippen molar-refractivity contribution >= 4 is 12.0 Å². The van der Waals surface area contributed by atoms with Gasteiger partial charge in [0.25, 0.3) is 0 Å². The second kappa shape index (κ2) is 7.56. The molecule has 1 aromatic carbocycles. The van der Waals surface area contributed by atoms with Crippen LogP contribution in [-0.2, 0) is 11.2 Å². The van der Waals surface area contributed by atoms with E-state index in [1.165, 1.54) is 17.6 Å². The Bertz CT molecular complexity index is 670. The molecule has 3 rings (SSSR count). The van der Waals surface area contributed by atoms with Crippen molar-refractivity contribution < 1.29 is 14.3 Å². The van der Waals surface area contributed by atoms with Crippen LogP contribution in [0.25, 0.3) is 6.08 Å². The van der Waals surface area contributed by atoms with Crippen molar-refractivity contribution in [1.82, 2.24) is 4.90 Å². The van der Waals surface area contributed by atoms with Gasteiger partial charge in [-0.05, 0) is 60.9 Å². The number of hydrogen-bond donors (Lipinski definition) is 0. The van der Waals surface area contributed by atoms with E-state index >= 15 is 0 Å². The molecular formula is C20H25NO3. The monoisotopic (exact) mass is 327 g/mol. The van der Waals surface area contributed by atoms with Gasteiger partial charge in [0.2, 0.25) is 5.91 Å². The molecule has 0 N–H and O–H groups in total. The molecule has 1 amide bonds. The highest BCUT2D eigenvalue weighted by molar-refractivity contribution is 5.88. The van der Waals surface area contributed by atoms with Crippen molar-refractivity contribution in [3.63, 3.8) is 0 Å². The summed E-state index contributed by atoms with van der Waals surface area (Å²) in [6, 6.07) is 4.05. The van der Waals surface area contributed by atoms with Crippen molar-refractivity contribution in [2.45, 2.75) is 32.1 Å². The number of aryl methyl sites for hydroxylation is 1. The molecule has 24 heavy (non-hydrogen) atoms. The van der Waals surface area contributed by atoms with Crippen LogP contribution in [0.5, 0.6) is 11.5 Å². The first-order valence-corrected chi connectivity index (χ1v) is 8.63. The van der Waals surface area contributed by atoms with Crippen LogP contribution in [0.3, 0.4) is 0 Å². The average Bonchev–Trinajstić information content (AvgIpc) is 2.65. The van der Waals surface area contributed by atoms with Gasteiger partial charge in [-0.1, -0.05) is 12.2 Å². The molecule has 0 bridgehead atoms. The fourth-order valence-electron chi connectivity index (χ4n) is 3.37. The van der Waals surface area contributed by atoms with Gasteiger partial charge in [0.1, 0.15) is 0 Å². The predicted molar refractivity (Wildman–Crippen MR) is 95.4 cm³/mol. The Balaban J connectivity index is 1.75. The Morgan fingerprint density at radius 1 is 1.04 bits per heavy atom. The van der Waals surface area contributed by atoms with Gasteiger partial charge in [-0.15, -0.1) is 0 Å². The molecule has 128 valence electrons. The normalized spacial score (nSPS) is 17.4. The number of amides is 1. The van der Waals surface area contributed by atoms with Crippen LogP contribution < -0.4 is 9.47 Å². The molecule has 4 nitrogen and oxygen atoms in total. The van der Waals surface area contributed by atoms with Crippen LogP contribution in [-0.4, -0.2) is 38.1 Å². The highest BCUT2D eigenvalue weighted by atomic mass is 16.5. The number of likely N-dealkylation sites (tertiary alicyclic amines) is 1. The van der Waals surface area contributed by atoms with Gasteiger partial charge < -0.3 is 14.4 Å². The fourth-order valence-corrected chi connectivity index (χ4v) is 3.37. The molecule has 2 aliphatic rings. The van der Waals surface area contributed by atoms with Gasteiger partial charge in [0.15, 0.2) is 11.5 Å². The number of nitrogens with zero attached hydrogens (tertiary/aromatic N) is 1. The maximum Gasteiger partial charge on any atom is 0.246 e. The van der Waals surface area contributed by atoms with Crippen molar-refractivity contribution in [2.75, 3.05) is 27.3 Å². The molecule has 1 fully saturated rings. The standard InChI is InChI=1S/C20H25NO3/c1-23-18-13-16-8-6-15(12-17(16)14-19(18)24-2)7-9-20(22)21-10-4-3-5-11-21/h7,9,12-14H,3-6,8,10-11H2,1-2H3/b9-7+. The fraction of sp³-hybridized carbons (Fsp3) is 0.450. The highest BCUT2D eigenvalue weighted by Crippen LogP contribution is 2.35. The third kappa shape index (κ3) is 3.64. The van der Waals surface area contributed by atoms with Crippen LogP contribution in [0.1, 0.15) is 36.8 Å². The van der Waals surface area contributed by atoms with E-state index in [4.69, 9.17) is 9.47 Å².